The number of anilines is 1. The van der Waals surface area contributed by atoms with Crippen LogP contribution in [0.2, 0.25) is 0 Å². The molecule has 0 saturated heterocycles. The molecule has 0 aliphatic carbocycles. The average molecular weight is 398 g/mol. The fourth-order valence-corrected chi connectivity index (χ4v) is 2.97. The van der Waals surface area contributed by atoms with Gasteiger partial charge in [0.2, 0.25) is 11.8 Å². The second kappa shape index (κ2) is 10.0. The number of amides is 2. The zero-order valence-electron chi connectivity index (χ0n) is 14.7. The van der Waals surface area contributed by atoms with Gasteiger partial charge in [-0.1, -0.05) is 18.7 Å². The number of carbonyl (C=O) groups excluding carboxylic acids is 2. The van der Waals surface area contributed by atoms with Crippen molar-refractivity contribution in [2.24, 2.45) is 0 Å². The van der Waals surface area contributed by atoms with Crippen LogP contribution < -0.4 is 10.6 Å². The van der Waals surface area contributed by atoms with Crippen LogP contribution in [0.25, 0.3) is 0 Å². The van der Waals surface area contributed by atoms with Gasteiger partial charge in [0, 0.05) is 12.6 Å². The van der Waals surface area contributed by atoms with Gasteiger partial charge in [-0.15, -0.1) is 0 Å². The lowest BCUT2D eigenvalue weighted by Gasteiger charge is -2.11. The molecule has 1 heterocycles. The monoisotopic (exact) mass is 398 g/mol. The van der Waals surface area contributed by atoms with Crippen LogP contribution in [0.15, 0.2) is 29.6 Å². The molecule has 2 rings (SSSR count). The van der Waals surface area contributed by atoms with E-state index in [9.17, 15) is 23.5 Å². The first-order chi connectivity index (χ1) is 12.9. The maximum Gasteiger partial charge on any atom is 0.240 e. The van der Waals surface area contributed by atoms with Crippen LogP contribution in [0, 0.1) is 11.6 Å². The first-order valence-electron chi connectivity index (χ1n) is 8.24. The molecule has 2 aromatic rings. The Balaban J connectivity index is 1.99. The number of carbonyl (C=O) groups is 2. The highest BCUT2D eigenvalue weighted by molar-refractivity contribution is 7.99. The molecule has 0 spiro atoms. The molecule has 0 atom stereocenters. The van der Waals surface area contributed by atoms with Crippen molar-refractivity contribution < 1.29 is 23.5 Å². The van der Waals surface area contributed by atoms with Gasteiger partial charge in [0.15, 0.2) is 5.16 Å². The number of aliphatic hydroxyl groups excluding tert-OH is 1. The summed E-state index contributed by atoms with van der Waals surface area (Å²) in [6.07, 6.45) is 2.22. The summed E-state index contributed by atoms with van der Waals surface area (Å²) in [5.74, 6) is -2.45. The van der Waals surface area contributed by atoms with Crippen molar-refractivity contribution in [3.05, 3.63) is 41.7 Å². The standard InChI is InChI=1S/C17H20F2N4O3S/c1-2-5-20-15(25)8-23-12(9-24)7-21-17(23)27-10-16(26)22-14-4-3-11(18)6-13(14)19/h3-4,6-7,24H,2,5,8-10H2,1H3,(H,20,25)(H,22,26). The lowest BCUT2D eigenvalue weighted by Crippen LogP contribution is -2.29. The quantitative estimate of drug-likeness (QED) is 0.561. The second-order valence-electron chi connectivity index (χ2n) is 5.59. The number of aromatic nitrogens is 2. The molecule has 146 valence electrons. The van der Waals surface area contributed by atoms with Gasteiger partial charge in [0.05, 0.1) is 29.9 Å². The maximum atomic E-state index is 13.6. The summed E-state index contributed by atoms with van der Waals surface area (Å²) in [5.41, 5.74) is 0.314. The summed E-state index contributed by atoms with van der Waals surface area (Å²) < 4.78 is 28.0. The van der Waals surface area contributed by atoms with E-state index in [4.69, 9.17) is 0 Å². The topological polar surface area (TPSA) is 96.2 Å². The zero-order valence-corrected chi connectivity index (χ0v) is 15.5. The summed E-state index contributed by atoms with van der Waals surface area (Å²) in [7, 11) is 0. The van der Waals surface area contributed by atoms with Crippen molar-refractivity contribution in [1.29, 1.82) is 0 Å². The molecule has 3 N–H and O–H groups in total. The molecule has 0 unspecified atom stereocenters. The van der Waals surface area contributed by atoms with E-state index in [0.29, 0.717) is 23.5 Å². The summed E-state index contributed by atoms with van der Waals surface area (Å²) in [4.78, 5) is 28.1. The highest BCUT2D eigenvalue weighted by atomic mass is 32.2. The van der Waals surface area contributed by atoms with Crippen molar-refractivity contribution in [2.75, 3.05) is 17.6 Å². The Morgan fingerprint density at radius 3 is 2.74 bits per heavy atom. The Labute approximate surface area is 159 Å². The molecule has 1 aromatic carbocycles. The average Bonchev–Trinajstić information content (AvgIpc) is 3.02. The van der Waals surface area contributed by atoms with Gasteiger partial charge >= 0.3 is 0 Å². The van der Waals surface area contributed by atoms with Gasteiger partial charge in [0.25, 0.3) is 0 Å². The van der Waals surface area contributed by atoms with E-state index in [0.717, 1.165) is 30.3 Å². The molecule has 2 amide bonds. The van der Waals surface area contributed by atoms with E-state index in [-0.39, 0.29) is 30.5 Å². The van der Waals surface area contributed by atoms with E-state index >= 15 is 0 Å². The molecule has 0 aliphatic rings. The molecular weight excluding hydrogens is 378 g/mol. The number of nitrogens with zero attached hydrogens (tertiary/aromatic N) is 2. The summed E-state index contributed by atoms with van der Waals surface area (Å²) in [6.45, 7) is 2.13. The second-order valence-corrected chi connectivity index (χ2v) is 6.53. The molecule has 27 heavy (non-hydrogen) atoms. The smallest absolute Gasteiger partial charge is 0.240 e. The van der Waals surface area contributed by atoms with Crippen molar-refractivity contribution in [3.63, 3.8) is 0 Å². The lowest BCUT2D eigenvalue weighted by atomic mass is 10.3. The van der Waals surface area contributed by atoms with Gasteiger partial charge in [-0.05, 0) is 18.6 Å². The fraction of sp³-hybridized carbons (Fsp3) is 0.353. The Kier molecular flexibility index (Phi) is 7.74. The number of hydrogen-bond donors (Lipinski definition) is 3. The normalized spacial score (nSPS) is 10.7. The number of hydrogen-bond acceptors (Lipinski definition) is 5. The molecule has 7 nitrogen and oxygen atoms in total. The number of nitrogens with one attached hydrogen (secondary N) is 2. The third-order valence-corrected chi connectivity index (χ3v) is 4.47. The Morgan fingerprint density at radius 1 is 1.30 bits per heavy atom. The van der Waals surface area contributed by atoms with Crippen molar-refractivity contribution in [1.82, 2.24) is 14.9 Å². The van der Waals surface area contributed by atoms with Crippen LogP contribution in [0.4, 0.5) is 14.5 Å². The van der Waals surface area contributed by atoms with Gasteiger partial charge in [-0.25, -0.2) is 13.8 Å². The predicted molar refractivity (Wildman–Crippen MR) is 97.2 cm³/mol. The van der Waals surface area contributed by atoms with E-state index < -0.39 is 17.5 Å². The summed E-state index contributed by atoms with van der Waals surface area (Å²) in [6, 6.07) is 2.86. The summed E-state index contributed by atoms with van der Waals surface area (Å²) in [5, 5.41) is 14.8. The SMILES string of the molecule is CCCNC(=O)Cn1c(CO)cnc1SCC(=O)Nc1ccc(F)cc1F. The maximum absolute atomic E-state index is 13.6. The van der Waals surface area contributed by atoms with Crippen LogP contribution in [0.5, 0.6) is 0 Å². The number of rotatable bonds is 9. The third-order valence-electron chi connectivity index (χ3n) is 3.48. The van der Waals surface area contributed by atoms with Gasteiger partial charge in [-0.3, -0.25) is 9.59 Å². The zero-order chi connectivity index (χ0) is 19.8. The molecule has 0 fully saturated rings. The van der Waals surface area contributed by atoms with Crippen molar-refractivity contribution in [2.45, 2.75) is 31.7 Å². The minimum atomic E-state index is -0.870. The van der Waals surface area contributed by atoms with Gasteiger partial charge in [0.1, 0.15) is 18.2 Å². The minimum Gasteiger partial charge on any atom is -0.390 e. The van der Waals surface area contributed by atoms with Crippen LogP contribution in [0.3, 0.4) is 0 Å². The largest absolute Gasteiger partial charge is 0.390 e. The van der Waals surface area contributed by atoms with Crippen LogP contribution in [0.1, 0.15) is 19.0 Å². The van der Waals surface area contributed by atoms with E-state index in [2.05, 4.69) is 15.6 Å². The fourth-order valence-electron chi connectivity index (χ4n) is 2.17. The molecule has 0 bridgehead atoms. The lowest BCUT2D eigenvalue weighted by molar-refractivity contribution is -0.121. The van der Waals surface area contributed by atoms with E-state index in [1.54, 1.807) is 0 Å². The number of imidazole rings is 1. The molecule has 0 aliphatic heterocycles. The predicted octanol–water partition coefficient (Wildman–Crippen LogP) is 1.91. The number of thioether (sulfide) groups is 1. The molecular formula is C17H20F2N4O3S. The minimum absolute atomic E-state index is 0.0353. The Morgan fingerprint density at radius 2 is 2.07 bits per heavy atom. The van der Waals surface area contributed by atoms with E-state index in [1.807, 2.05) is 6.92 Å². The Bertz CT molecular complexity index is 813. The number of halogens is 2. The highest BCUT2D eigenvalue weighted by Gasteiger charge is 2.15. The third kappa shape index (κ3) is 6.04. The number of aliphatic hydroxyl groups is 1. The molecule has 0 radical (unpaired) electrons. The molecule has 10 heteroatoms. The first-order valence-corrected chi connectivity index (χ1v) is 9.22. The summed E-state index contributed by atoms with van der Waals surface area (Å²) >= 11 is 1.04. The highest BCUT2D eigenvalue weighted by Crippen LogP contribution is 2.20. The van der Waals surface area contributed by atoms with E-state index in [1.165, 1.54) is 10.8 Å². The molecule has 0 saturated carbocycles. The first kappa shape index (κ1) is 20.8. The van der Waals surface area contributed by atoms with Crippen LogP contribution in [-0.4, -0.2) is 38.8 Å². The van der Waals surface area contributed by atoms with Crippen LogP contribution in [-0.2, 0) is 22.7 Å². The van der Waals surface area contributed by atoms with Gasteiger partial charge in [-0.2, -0.15) is 0 Å². The van der Waals surface area contributed by atoms with Crippen molar-refractivity contribution >= 4 is 29.3 Å². The number of benzene rings is 1. The van der Waals surface area contributed by atoms with Crippen LogP contribution >= 0.6 is 11.8 Å². The molecule has 1 aromatic heterocycles. The van der Waals surface area contributed by atoms with Gasteiger partial charge < -0.3 is 20.3 Å². The Hall–Kier alpha value is -2.46. The van der Waals surface area contributed by atoms with Crippen molar-refractivity contribution in [3.8, 4) is 0 Å².